The van der Waals surface area contributed by atoms with Crippen molar-refractivity contribution in [3.8, 4) is 0 Å². The monoisotopic (exact) mass is 252 g/mol. The van der Waals surface area contributed by atoms with E-state index in [1.807, 2.05) is 6.07 Å². The van der Waals surface area contributed by atoms with Crippen LogP contribution >= 0.6 is 0 Å². The van der Waals surface area contributed by atoms with E-state index in [1.165, 1.54) is 6.07 Å². The fourth-order valence-electron chi connectivity index (χ4n) is 1.79. The number of morpholine rings is 1. The van der Waals surface area contributed by atoms with E-state index in [2.05, 4.69) is 10.6 Å². The Morgan fingerprint density at radius 1 is 1.61 bits per heavy atom. The van der Waals surface area contributed by atoms with Crippen LogP contribution in [0.15, 0.2) is 18.2 Å². The van der Waals surface area contributed by atoms with Gasteiger partial charge in [0.15, 0.2) is 0 Å². The topological polar surface area (TPSA) is 50.4 Å². The molecule has 2 N–H and O–H groups in total. The molecular weight excluding hydrogens is 235 g/mol. The van der Waals surface area contributed by atoms with Crippen molar-refractivity contribution in [1.29, 1.82) is 0 Å². The Morgan fingerprint density at radius 3 is 3.11 bits per heavy atom. The van der Waals surface area contributed by atoms with E-state index in [4.69, 9.17) is 4.74 Å². The summed E-state index contributed by atoms with van der Waals surface area (Å²) in [6.07, 6.45) is 0. The number of benzene rings is 1. The molecule has 0 aromatic heterocycles. The van der Waals surface area contributed by atoms with Crippen LogP contribution < -0.4 is 10.6 Å². The molecule has 1 saturated heterocycles. The van der Waals surface area contributed by atoms with Gasteiger partial charge in [-0.15, -0.1) is 0 Å². The third-order valence-electron chi connectivity index (χ3n) is 2.94. The lowest BCUT2D eigenvalue weighted by Gasteiger charge is -2.22. The highest BCUT2D eigenvalue weighted by molar-refractivity contribution is 5.81. The Bertz CT molecular complexity index is 431. The predicted octanol–water partition coefficient (Wildman–Crippen LogP) is 0.739. The number of hydrogen-bond donors (Lipinski definition) is 2. The third kappa shape index (κ3) is 3.27. The van der Waals surface area contributed by atoms with Crippen molar-refractivity contribution in [1.82, 2.24) is 10.6 Å². The van der Waals surface area contributed by atoms with Gasteiger partial charge in [0.05, 0.1) is 13.2 Å². The van der Waals surface area contributed by atoms with Crippen molar-refractivity contribution in [2.45, 2.75) is 19.5 Å². The molecule has 1 aliphatic rings. The van der Waals surface area contributed by atoms with E-state index in [-0.39, 0.29) is 17.8 Å². The Labute approximate surface area is 106 Å². The summed E-state index contributed by atoms with van der Waals surface area (Å²) < 4.78 is 18.5. The molecule has 1 unspecified atom stereocenters. The van der Waals surface area contributed by atoms with Gasteiger partial charge < -0.3 is 15.4 Å². The lowest BCUT2D eigenvalue weighted by molar-refractivity contribution is -0.126. The maximum absolute atomic E-state index is 13.3. The number of nitrogens with one attached hydrogen (secondary N) is 2. The van der Waals surface area contributed by atoms with Crippen LogP contribution in [0.5, 0.6) is 0 Å². The average Bonchev–Trinajstić information content (AvgIpc) is 2.41. The summed E-state index contributed by atoms with van der Waals surface area (Å²) in [6, 6.07) is 4.65. The molecule has 1 aliphatic heterocycles. The number of halogens is 1. The fraction of sp³-hybridized carbons (Fsp3) is 0.462. The normalized spacial score (nSPS) is 19.6. The summed E-state index contributed by atoms with van der Waals surface area (Å²) in [4.78, 5) is 11.8. The van der Waals surface area contributed by atoms with Crippen LogP contribution in [0, 0.1) is 12.7 Å². The van der Waals surface area contributed by atoms with Gasteiger partial charge in [-0.05, 0) is 24.1 Å². The molecule has 1 fully saturated rings. The molecule has 0 spiro atoms. The first-order valence-electron chi connectivity index (χ1n) is 6.00. The minimum atomic E-state index is -0.311. The minimum absolute atomic E-state index is 0.115. The van der Waals surface area contributed by atoms with Crippen LogP contribution in [0.25, 0.3) is 0 Å². The zero-order chi connectivity index (χ0) is 13.0. The first-order chi connectivity index (χ1) is 8.66. The van der Waals surface area contributed by atoms with E-state index in [0.717, 1.165) is 5.56 Å². The molecule has 18 heavy (non-hydrogen) atoms. The van der Waals surface area contributed by atoms with Crippen LogP contribution in [-0.4, -0.2) is 31.7 Å². The van der Waals surface area contributed by atoms with Crippen LogP contribution in [0.2, 0.25) is 0 Å². The summed E-state index contributed by atoms with van der Waals surface area (Å²) in [6.45, 7) is 3.73. The lowest BCUT2D eigenvalue weighted by atomic mass is 10.1. The van der Waals surface area contributed by atoms with E-state index < -0.39 is 0 Å². The van der Waals surface area contributed by atoms with Gasteiger partial charge in [-0.2, -0.15) is 0 Å². The van der Waals surface area contributed by atoms with Gasteiger partial charge in [-0.1, -0.05) is 12.1 Å². The van der Waals surface area contributed by atoms with E-state index in [0.29, 0.717) is 31.9 Å². The van der Waals surface area contributed by atoms with Gasteiger partial charge in [0.1, 0.15) is 11.9 Å². The SMILES string of the molecule is Cc1ccc(CNC(=O)C2COCCN2)cc1F. The van der Waals surface area contributed by atoms with Gasteiger partial charge in [0.25, 0.3) is 0 Å². The second kappa shape index (κ2) is 5.93. The summed E-state index contributed by atoms with van der Waals surface area (Å²) in [5.41, 5.74) is 1.36. The zero-order valence-corrected chi connectivity index (χ0v) is 10.3. The molecule has 98 valence electrons. The smallest absolute Gasteiger partial charge is 0.239 e. The summed E-state index contributed by atoms with van der Waals surface area (Å²) in [7, 11) is 0. The summed E-state index contributed by atoms with van der Waals surface area (Å²) in [5.74, 6) is -0.364. The van der Waals surface area contributed by atoms with Gasteiger partial charge in [0.2, 0.25) is 5.91 Å². The molecule has 0 radical (unpaired) electrons. The van der Waals surface area contributed by atoms with E-state index in [1.54, 1.807) is 13.0 Å². The highest BCUT2D eigenvalue weighted by atomic mass is 19.1. The number of hydrogen-bond acceptors (Lipinski definition) is 3. The maximum atomic E-state index is 13.3. The number of carbonyl (C=O) groups excluding carboxylic acids is 1. The number of carbonyl (C=O) groups is 1. The van der Waals surface area contributed by atoms with Crippen molar-refractivity contribution in [3.05, 3.63) is 35.1 Å². The van der Waals surface area contributed by atoms with Crippen molar-refractivity contribution in [3.63, 3.8) is 0 Å². The number of aryl methyl sites for hydroxylation is 1. The largest absolute Gasteiger partial charge is 0.378 e. The molecule has 1 atom stereocenters. The molecule has 1 aromatic carbocycles. The predicted molar refractivity (Wildman–Crippen MR) is 65.6 cm³/mol. The Balaban J connectivity index is 1.86. The third-order valence-corrected chi connectivity index (χ3v) is 2.94. The number of amides is 1. The summed E-state index contributed by atoms with van der Waals surface area (Å²) >= 11 is 0. The van der Waals surface area contributed by atoms with Gasteiger partial charge >= 0.3 is 0 Å². The van der Waals surface area contributed by atoms with Crippen LogP contribution in [0.1, 0.15) is 11.1 Å². The number of ether oxygens (including phenoxy) is 1. The van der Waals surface area contributed by atoms with Gasteiger partial charge in [-0.3, -0.25) is 4.79 Å². The van der Waals surface area contributed by atoms with Gasteiger partial charge in [0, 0.05) is 13.1 Å². The van der Waals surface area contributed by atoms with E-state index >= 15 is 0 Å². The minimum Gasteiger partial charge on any atom is -0.378 e. The van der Waals surface area contributed by atoms with E-state index in [9.17, 15) is 9.18 Å². The van der Waals surface area contributed by atoms with Crippen molar-refractivity contribution >= 4 is 5.91 Å². The molecule has 4 nitrogen and oxygen atoms in total. The van der Waals surface area contributed by atoms with Crippen LogP contribution in [0.3, 0.4) is 0 Å². The fourth-order valence-corrected chi connectivity index (χ4v) is 1.79. The summed E-state index contributed by atoms with van der Waals surface area (Å²) in [5, 5.41) is 5.83. The van der Waals surface area contributed by atoms with Crippen molar-refractivity contribution in [2.75, 3.05) is 19.8 Å². The highest BCUT2D eigenvalue weighted by Crippen LogP contribution is 2.08. The lowest BCUT2D eigenvalue weighted by Crippen LogP contribution is -2.51. The molecule has 1 aromatic rings. The Morgan fingerprint density at radius 2 is 2.44 bits per heavy atom. The molecule has 1 heterocycles. The molecule has 0 saturated carbocycles. The molecule has 0 aliphatic carbocycles. The van der Waals surface area contributed by atoms with Gasteiger partial charge in [-0.25, -0.2) is 4.39 Å². The average molecular weight is 252 g/mol. The quantitative estimate of drug-likeness (QED) is 0.834. The van der Waals surface area contributed by atoms with Crippen molar-refractivity contribution in [2.24, 2.45) is 0 Å². The Kier molecular flexibility index (Phi) is 4.28. The number of rotatable bonds is 3. The van der Waals surface area contributed by atoms with Crippen molar-refractivity contribution < 1.29 is 13.9 Å². The zero-order valence-electron chi connectivity index (χ0n) is 10.3. The first-order valence-corrected chi connectivity index (χ1v) is 6.00. The van der Waals surface area contributed by atoms with Crippen LogP contribution in [0.4, 0.5) is 4.39 Å². The highest BCUT2D eigenvalue weighted by Gasteiger charge is 2.20. The van der Waals surface area contributed by atoms with Crippen LogP contribution in [-0.2, 0) is 16.1 Å². The Hall–Kier alpha value is -1.46. The molecule has 1 amide bonds. The molecule has 0 bridgehead atoms. The molecule has 5 heteroatoms. The first kappa shape index (κ1) is 13.0. The molecule has 2 rings (SSSR count). The standard InChI is InChI=1S/C13H17FN2O2/c1-9-2-3-10(6-11(9)14)7-16-13(17)12-8-18-5-4-15-12/h2-3,6,12,15H,4-5,7-8H2,1H3,(H,16,17). The maximum Gasteiger partial charge on any atom is 0.239 e. The molecular formula is C13H17FN2O2. The second-order valence-corrected chi connectivity index (χ2v) is 4.38. The second-order valence-electron chi connectivity index (χ2n) is 4.38.